The molecule has 1 unspecified atom stereocenters. The van der Waals surface area contributed by atoms with Gasteiger partial charge in [-0.25, -0.2) is 13.2 Å². The molecule has 1 aromatic rings. The molecular formula is C10H8BrF3. The smallest absolute Gasteiger partial charge is 0.133 e. The van der Waals surface area contributed by atoms with E-state index in [4.69, 9.17) is 0 Å². The summed E-state index contributed by atoms with van der Waals surface area (Å²) >= 11 is 3.24. The summed E-state index contributed by atoms with van der Waals surface area (Å²) in [5.74, 6) is -2.21. The molecule has 0 spiro atoms. The second-order valence-corrected chi connectivity index (χ2v) is 4.51. The van der Waals surface area contributed by atoms with E-state index < -0.39 is 17.5 Å². The molecule has 0 heterocycles. The Balaban J connectivity index is 2.40. The van der Waals surface area contributed by atoms with Gasteiger partial charge in [0.05, 0.1) is 0 Å². The van der Waals surface area contributed by atoms with Gasteiger partial charge in [0, 0.05) is 22.5 Å². The quantitative estimate of drug-likeness (QED) is 0.710. The van der Waals surface area contributed by atoms with Crippen LogP contribution in [0.1, 0.15) is 23.2 Å². The zero-order valence-corrected chi connectivity index (χ0v) is 8.82. The van der Waals surface area contributed by atoms with Gasteiger partial charge in [0.25, 0.3) is 0 Å². The van der Waals surface area contributed by atoms with Crippen molar-refractivity contribution in [2.45, 2.75) is 17.7 Å². The van der Waals surface area contributed by atoms with E-state index in [-0.39, 0.29) is 16.3 Å². The summed E-state index contributed by atoms with van der Waals surface area (Å²) in [7, 11) is 0. The first-order chi connectivity index (χ1) is 6.59. The molecule has 0 radical (unpaired) electrons. The maximum Gasteiger partial charge on any atom is 0.133 e. The highest BCUT2D eigenvalue weighted by Crippen LogP contribution is 2.47. The fourth-order valence-corrected chi connectivity index (χ4v) is 2.41. The Morgan fingerprint density at radius 3 is 2.07 bits per heavy atom. The van der Waals surface area contributed by atoms with E-state index in [1.807, 2.05) is 0 Å². The average Bonchev–Trinajstić information content (AvgIpc) is 2.83. The Kier molecular flexibility index (Phi) is 2.56. The monoisotopic (exact) mass is 264 g/mol. The molecule has 1 aromatic carbocycles. The highest BCUT2D eigenvalue weighted by molar-refractivity contribution is 9.09. The highest BCUT2D eigenvalue weighted by atomic mass is 79.9. The van der Waals surface area contributed by atoms with Crippen LogP contribution in [-0.4, -0.2) is 0 Å². The van der Waals surface area contributed by atoms with E-state index in [9.17, 15) is 13.2 Å². The summed E-state index contributed by atoms with van der Waals surface area (Å²) in [6.45, 7) is 0. The van der Waals surface area contributed by atoms with Crippen molar-refractivity contribution in [1.29, 1.82) is 0 Å². The van der Waals surface area contributed by atoms with Gasteiger partial charge in [-0.2, -0.15) is 0 Å². The van der Waals surface area contributed by atoms with E-state index in [0.29, 0.717) is 0 Å². The Morgan fingerprint density at radius 2 is 1.64 bits per heavy atom. The molecule has 1 saturated carbocycles. The summed E-state index contributed by atoms with van der Waals surface area (Å²) in [5.41, 5.74) is -0.0473. The fourth-order valence-electron chi connectivity index (χ4n) is 1.44. The Morgan fingerprint density at radius 1 is 1.14 bits per heavy atom. The van der Waals surface area contributed by atoms with Crippen molar-refractivity contribution >= 4 is 15.9 Å². The molecule has 76 valence electrons. The van der Waals surface area contributed by atoms with Crippen LogP contribution in [0.2, 0.25) is 0 Å². The van der Waals surface area contributed by atoms with Crippen LogP contribution in [-0.2, 0) is 0 Å². The maximum absolute atomic E-state index is 13.2. The minimum absolute atomic E-state index is 0.0473. The molecular weight excluding hydrogens is 257 g/mol. The number of hydrogen-bond donors (Lipinski definition) is 0. The van der Waals surface area contributed by atoms with Gasteiger partial charge in [0.1, 0.15) is 17.5 Å². The van der Waals surface area contributed by atoms with Crippen molar-refractivity contribution in [1.82, 2.24) is 0 Å². The largest absolute Gasteiger partial charge is 0.207 e. The number of alkyl halides is 1. The SMILES string of the molecule is Fc1cc(F)c(C(Br)C2CC2)c(F)c1. The molecule has 2 rings (SSSR count). The van der Waals surface area contributed by atoms with E-state index in [1.54, 1.807) is 0 Å². The fraction of sp³-hybridized carbons (Fsp3) is 0.400. The van der Waals surface area contributed by atoms with Crippen LogP contribution in [0.5, 0.6) is 0 Å². The third-order valence-electron chi connectivity index (χ3n) is 2.36. The molecule has 0 saturated heterocycles. The zero-order valence-electron chi connectivity index (χ0n) is 7.24. The Labute approximate surface area is 88.2 Å². The van der Waals surface area contributed by atoms with Crippen molar-refractivity contribution in [2.75, 3.05) is 0 Å². The van der Waals surface area contributed by atoms with Crippen LogP contribution in [0.15, 0.2) is 12.1 Å². The summed E-state index contributed by atoms with van der Waals surface area (Å²) in [4.78, 5) is -0.330. The molecule has 1 fully saturated rings. The maximum atomic E-state index is 13.2. The van der Waals surface area contributed by atoms with E-state index >= 15 is 0 Å². The van der Waals surface area contributed by atoms with Crippen LogP contribution in [0, 0.1) is 23.4 Å². The van der Waals surface area contributed by atoms with E-state index in [1.165, 1.54) is 0 Å². The third kappa shape index (κ3) is 1.80. The van der Waals surface area contributed by atoms with Crippen molar-refractivity contribution in [3.05, 3.63) is 35.1 Å². The predicted molar refractivity (Wildman–Crippen MR) is 50.7 cm³/mol. The van der Waals surface area contributed by atoms with Crippen molar-refractivity contribution < 1.29 is 13.2 Å². The lowest BCUT2D eigenvalue weighted by Crippen LogP contribution is -2.01. The van der Waals surface area contributed by atoms with Crippen LogP contribution in [0.3, 0.4) is 0 Å². The van der Waals surface area contributed by atoms with Gasteiger partial charge in [-0.1, -0.05) is 15.9 Å². The zero-order chi connectivity index (χ0) is 10.3. The first-order valence-corrected chi connectivity index (χ1v) is 5.29. The lowest BCUT2D eigenvalue weighted by atomic mass is 10.1. The van der Waals surface area contributed by atoms with Gasteiger partial charge in [0.15, 0.2) is 0 Å². The Bertz CT molecular complexity index is 337. The number of hydrogen-bond acceptors (Lipinski definition) is 0. The molecule has 4 heteroatoms. The molecule has 0 N–H and O–H groups in total. The van der Waals surface area contributed by atoms with E-state index in [0.717, 1.165) is 25.0 Å². The van der Waals surface area contributed by atoms with Gasteiger partial charge < -0.3 is 0 Å². The topological polar surface area (TPSA) is 0 Å². The van der Waals surface area contributed by atoms with Gasteiger partial charge in [-0.15, -0.1) is 0 Å². The van der Waals surface area contributed by atoms with Gasteiger partial charge in [-0.3, -0.25) is 0 Å². The number of benzene rings is 1. The predicted octanol–water partition coefficient (Wildman–Crippen LogP) is 3.95. The minimum Gasteiger partial charge on any atom is -0.207 e. The Hall–Kier alpha value is -0.510. The minimum atomic E-state index is -0.876. The molecule has 0 nitrogen and oxygen atoms in total. The van der Waals surface area contributed by atoms with Gasteiger partial charge in [0.2, 0.25) is 0 Å². The van der Waals surface area contributed by atoms with E-state index in [2.05, 4.69) is 15.9 Å². The molecule has 0 bridgehead atoms. The summed E-state index contributed by atoms with van der Waals surface area (Å²) in [6.07, 6.45) is 1.93. The third-order valence-corrected chi connectivity index (χ3v) is 3.56. The summed E-state index contributed by atoms with van der Waals surface area (Å²) < 4.78 is 39.1. The van der Waals surface area contributed by atoms with Crippen molar-refractivity contribution in [3.8, 4) is 0 Å². The molecule has 14 heavy (non-hydrogen) atoms. The lowest BCUT2D eigenvalue weighted by molar-refractivity contribution is 0.517. The second-order valence-electron chi connectivity index (χ2n) is 3.52. The van der Waals surface area contributed by atoms with Gasteiger partial charge in [-0.05, 0) is 18.8 Å². The summed E-state index contributed by atoms with van der Waals surface area (Å²) in [5, 5.41) is 0. The highest BCUT2D eigenvalue weighted by Gasteiger charge is 2.33. The molecule has 1 atom stereocenters. The molecule has 1 aliphatic rings. The molecule has 0 aliphatic heterocycles. The standard InChI is InChI=1S/C10H8BrF3/c11-10(5-1-2-5)9-7(13)3-6(12)4-8(9)14/h3-5,10H,1-2H2. The normalized spacial score (nSPS) is 18.3. The first kappa shape index (κ1) is 10.0. The van der Waals surface area contributed by atoms with Crippen LogP contribution >= 0.6 is 15.9 Å². The van der Waals surface area contributed by atoms with Crippen molar-refractivity contribution in [3.63, 3.8) is 0 Å². The first-order valence-electron chi connectivity index (χ1n) is 4.38. The van der Waals surface area contributed by atoms with Crippen LogP contribution < -0.4 is 0 Å². The number of rotatable bonds is 2. The average molecular weight is 265 g/mol. The van der Waals surface area contributed by atoms with Crippen LogP contribution in [0.4, 0.5) is 13.2 Å². The van der Waals surface area contributed by atoms with Gasteiger partial charge >= 0.3 is 0 Å². The van der Waals surface area contributed by atoms with Crippen LogP contribution in [0.25, 0.3) is 0 Å². The molecule has 0 amide bonds. The molecule has 1 aliphatic carbocycles. The van der Waals surface area contributed by atoms with Crippen molar-refractivity contribution in [2.24, 2.45) is 5.92 Å². The molecule has 0 aromatic heterocycles. The second kappa shape index (κ2) is 3.57. The lowest BCUT2D eigenvalue weighted by Gasteiger charge is -2.10. The number of halogens is 4. The summed E-state index contributed by atoms with van der Waals surface area (Å²) in [6, 6.07) is 1.43.